The van der Waals surface area contributed by atoms with Gasteiger partial charge in [-0.05, 0) is 18.6 Å². The summed E-state index contributed by atoms with van der Waals surface area (Å²) in [6, 6.07) is 0. The first-order valence-electron chi connectivity index (χ1n) is 3.66. The second kappa shape index (κ2) is 4.40. The van der Waals surface area contributed by atoms with Gasteiger partial charge in [-0.3, -0.25) is 0 Å². The highest BCUT2D eigenvalue weighted by molar-refractivity contribution is 8.17. The van der Waals surface area contributed by atoms with Crippen LogP contribution in [0.2, 0.25) is 0 Å². The molecule has 1 aliphatic rings. The molecule has 5 heteroatoms. The van der Waals surface area contributed by atoms with Crippen LogP contribution in [0.5, 0.6) is 0 Å². The lowest BCUT2D eigenvalue weighted by molar-refractivity contribution is 0.618. The Morgan fingerprint density at radius 3 is 2.67 bits per heavy atom. The molecule has 0 N–H and O–H groups in total. The number of hydrogen-bond donors (Lipinski definition) is 0. The molecule has 0 spiro atoms. The van der Waals surface area contributed by atoms with Gasteiger partial charge in [-0.2, -0.15) is 8.42 Å². The maximum absolute atomic E-state index is 10.5. The van der Waals surface area contributed by atoms with Crippen molar-refractivity contribution in [1.29, 1.82) is 0 Å². The van der Waals surface area contributed by atoms with E-state index < -0.39 is 9.05 Å². The van der Waals surface area contributed by atoms with E-state index in [4.69, 9.17) is 10.7 Å². The molecule has 0 bridgehead atoms. The van der Waals surface area contributed by atoms with Gasteiger partial charge < -0.3 is 0 Å². The van der Waals surface area contributed by atoms with E-state index in [0.29, 0.717) is 0 Å². The van der Waals surface area contributed by atoms with Crippen molar-refractivity contribution < 1.29 is 8.42 Å². The lowest BCUT2D eigenvalue weighted by atomic mass is 10.2. The Morgan fingerprint density at radius 1 is 1.42 bits per heavy atom. The molecule has 0 aromatic carbocycles. The SMILES string of the molecule is O=S(=O)(Cl)C#CC1CCCCS1. The summed E-state index contributed by atoms with van der Waals surface area (Å²) < 4.78 is 20.9. The van der Waals surface area contributed by atoms with Gasteiger partial charge in [0.25, 0.3) is 0 Å². The molecule has 0 aromatic rings. The average Bonchev–Trinajstić information content (AvgIpc) is 2.02. The van der Waals surface area contributed by atoms with E-state index in [1.165, 1.54) is 6.42 Å². The molecule has 0 radical (unpaired) electrons. The monoisotopic (exact) mass is 224 g/mol. The standard InChI is InChI=1S/C7H9ClO2S2/c8-12(9,10)6-4-7-3-1-2-5-11-7/h7H,1-3,5H2. The van der Waals surface area contributed by atoms with Crippen molar-refractivity contribution in [3.05, 3.63) is 0 Å². The normalized spacial score (nSPS) is 24.2. The molecule has 68 valence electrons. The minimum atomic E-state index is -3.63. The lowest BCUT2D eigenvalue weighted by Gasteiger charge is -2.14. The van der Waals surface area contributed by atoms with Crippen molar-refractivity contribution in [3.63, 3.8) is 0 Å². The zero-order valence-electron chi connectivity index (χ0n) is 6.42. The number of rotatable bonds is 0. The highest BCUT2D eigenvalue weighted by atomic mass is 35.7. The zero-order valence-corrected chi connectivity index (χ0v) is 8.81. The molecule has 1 rings (SSSR count). The van der Waals surface area contributed by atoms with Crippen molar-refractivity contribution in [2.45, 2.75) is 24.5 Å². The first kappa shape index (κ1) is 10.2. The zero-order chi connectivity index (χ0) is 9.03. The summed E-state index contributed by atoms with van der Waals surface area (Å²) >= 11 is 1.71. The lowest BCUT2D eigenvalue weighted by Crippen LogP contribution is -2.06. The van der Waals surface area contributed by atoms with E-state index in [9.17, 15) is 8.42 Å². The Balaban J connectivity index is 2.53. The van der Waals surface area contributed by atoms with Gasteiger partial charge in [0.2, 0.25) is 0 Å². The van der Waals surface area contributed by atoms with Crippen LogP contribution in [0.15, 0.2) is 0 Å². The topological polar surface area (TPSA) is 34.1 Å². The Morgan fingerprint density at radius 2 is 2.17 bits per heavy atom. The first-order chi connectivity index (χ1) is 5.58. The van der Waals surface area contributed by atoms with E-state index in [1.54, 1.807) is 11.8 Å². The Hall–Kier alpha value is 0.150. The Labute approximate surface area is 81.5 Å². The van der Waals surface area contributed by atoms with Crippen molar-refractivity contribution in [1.82, 2.24) is 0 Å². The predicted molar refractivity (Wildman–Crippen MR) is 52.6 cm³/mol. The fourth-order valence-electron chi connectivity index (χ4n) is 0.991. The molecular weight excluding hydrogens is 216 g/mol. The van der Waals surface area contributed by atoms with Gasteiger partial charge in [-0.15, -0.1) is 11.8 Å². The molecule has 1 atom stereocenters. The fraction of sp³-hybridized carbons (Fsp3) is 0.714. The van der Waals surface area contributed by atoms with Crippen LogP contribution in [-0.4, -0.2) is 19.4 Å². The Bertz CT molecular complexity index is 293. The molecule has 0 saturated carbocycles. The molecular formula is C7H9ClO2S2. The molecule has 1 heterocycles. The summed E-state index contributed by atoms with van der Waals surface area (Å²) in [5, 5.41) is 2.22. The van der Waals surface area contributed by atoms with Crippen LogP contribution >= 0.6 is 22.4 Å². The third-order valence-electron chi connectivity index (χ3n) is 1.52. The highest BCUT2D eigenvalue weighted by Crippen LogP contribution is 2.24. The van der Waals surface area contributed by atoms with Gasteiger partial charge in [0.05, 0.1) is 5.25 Å². The summed E-state index contributed by atoms with van der Waals surface area (Å²) in [4.78, 5) is 0. The van der Waals surface area contributed by atoms with Crippen LogP contribution in [0.25, 0.3) is 0 Å². The summed E-state index contributed by atoms with van der Waals surface area (Å²) in [6.45, 7) is 0. The van der Waals surface area contributed by atoms with Crippen molar-refractivity contribution >= 4 is 31.5 Å². The van der Waals surface area contributed by atoms with Crippen LogP contribution in [0.1, 0.15) is 19.3 Å². The Kier molecular flexibility index (Phi) is 3.76. The molecule has 1 saturated heterocycles. The van der Waals surface area contributed by atoms with E-state index in [0.717, 1.165) is 18.6 Å². The van der Waals surface area contributed by atoms with Crippen LogP contribution in [0.3, 0.4) is 0 Å². The molecule has 2 nitrogen and oxygen atoms in total. The molecule has 1 aliphatic heterocycles. The van der Waals surface area contributed by atoms with Gasteiger partial charge in [0, 0.05) is 15.9 Å². The van der Waals surface area contributed by atoms with Crippen LogP contribution < -0.4 is 0 Å². The average molecular weight is 225 g/mol. The maximum Gasteiger partial charge on any atom is 0.300 e. The number of hydrogen-bond acceptors (Lipinski definition) is 3. The summed E-state index contributed by atoms with van der Waals surface area (Å²) in [5.74, 6) is 3.73. The van der Waals surface area contributed by atoms with Crippen molar-refractivity contribution in [2.75, 3.05) is 5.75 Å². The molecule has 0 aliphatic carbocycles. The maximum atomic E-state index is 10.5. The van der Waals surface area contributed by atoms with E-state index in [-0.39, 0.29) is 5.25 Å². The molecule has 12 heavy (non-hydrogen) atoms. The smallest absolute Gasteiger partial charge is 0.198 e. The first-order valence-corrected chi connectivity index (χ1v) is 7.02. The van der Waals surface area contributed by atoms with Crippen LogP contribution in [-0.2, 0) is 9.05 Å². The van der Waals surface area contributed by atoms with Crippen molar-refractivity contribution in [3.8, 4) is 11.2 Å². The second-order valence-electron chi connectivity index (χ2n) is 2.54. The summed E-state index contributed by atoms with van der Waals surface area (Å²) in [7, 11) is 1.32. The van der Waals surface area contributed by atoms with Gasteiger partial charge in [-0.25, -0.2) is 0 Å². The minimum absolute atomic E-state index is 0.160. The molecule has 0 aromatic heterocycles. The molecule has 1 fully saturated rings. The van der Waals surface area contributed by atoms with Crippen LogP contribution in [0, 0.1) is 11.2 Å². The van der Waals surface area contributed by atoms with E-state index in [1.807, 2.05) is 0 Å². The minimum Gasteiger partial charge on any atom is -0.198 e. The summed E-state index contributed by atoms with van der Waals surface area (Å²) in [6.07, 6.45) is 3.31. The number of thioether (sulfide) groups is 1. The number of halogens is 1. The van der Waals surface area contributed by atoms with Crippen molar-refractivity contribution in [2.24, 2.45) is 0 Å². The van der Waals surface area contributed by atoms with E-state index >= 15 is 0 Å². The quantitative estimate of drug-likeness (QED) is 0.465. The second-order valence-corrected chi connectivity index (χ2v) is 6.15. The third kappa shape index (κ3) is 4.24. The van der Waals surface area contributed by atoms with Gasteiger partial charge in [0.1, 0.15) is 0 Å². The van der Waals surface area contributed by atoms with Crippen LogP contribution in [0.4, 0.5) is 0 Å². The predicted octanol–water partition coefficient (Wildman–Crippen LogP) is 1.80. The van der Waals surface area contributed by atoms with Gasteiger partial charge >= 0.3 is 9.05 Å². The van der Waals surface area contributed by atoms with E-state index in [2.05, 4.69) is 11.2 Å². The van der Waals surface area contributed by atoms with Gasteiger partial charge in [-0.1, -0.05) is 12.3 Å². The third-order valence-corrected chi connectivity index (χ3v) is 3.39. The molecule has 0 amide bonds. The fourth-order valence-corrected chi connectivity index (χ4v) is 2.61. The highest BCUT2D eigenvalue weighted by Gasteiger charge is 2.11. The van der Waals surface area contributed by atoms with Gasteiger partial charge in [0.15, 0.2) is 0 Å². The molecule has 1 unspecified atom stereocenters. The summed E-state index contributed by atoms with van der Waals surface area (Å²) in [5.41, 5.74) is 0. The largest absolute Gasteiger partial charge is 0.300 e.